The van der Waals surface area contributed by atoms with Crippen LogP contribution >= 0.6 is 0 Å². The van der Waals surface area contributed by atoms with Gasteiger partial charge < -0.3 is 4.74 Å². The molecule has 2 heterocycles. The molecule has 1 N–H and O–H groups in total. The van der Waals surface area contributed by atoms with Crippen LogP contribution in [0.3, 0.4) is 0 Å². The summed E-state index contributed by atoms with van der Waals surface area (Å²) < 4.78 is 33.4. The lowest BCUT2D eigenvalue weighted by molar-refractivity contribution is -0.121. The Bertz CT molecular complexity index is 638. The summed E-state index contributed by atoms with van der Waals surface area (Å²) >= 11 is 0. The number of carbonyl (C=O) groups excluding carboxylic acids is 1. The monoisotopic (exact) mass is 310 g/mol. The van der Waals surface area contributed by atoms with Crippen molar-refractivity contribution >= 4 is 21.8 Å². The minimum absolute atomic E-state index is 0.0920. The third kappa shape index (κ3) is 3.03. The van der Waals surface area contributed by atoms with E-state index in [4.69, 9.17) is 4.74 Å². The number of nitrogens with zero attached hydrogens (tertiary/aromatic N) is 1. The van der Waals surface area contributed by atoms with Gasteiger partial charge in [0.15, 0.2) is 0 Å². The molecule has 1 fully saturated rings. The van der Waals surface area contributed by atoms with E-state index in [2.05, 4.69) is 4.72 Å². The number of carbonyl (C=O) groups is 1. The van der Waals surface area contributed by atoms with Crippen LogP contribution in [0.1, 0.15) is 24.8 Å². The van der Waals surface area contributed by atoms with Crippen LogP contribution in [0.15, 0.2) is 24.3 Å². The second kappa shape index (κ2) is 5.65. The SMILES string of the molecule is O=C(C[C@@H]1CCCO1)NS(=O)(=O)N1CCc2ccccc21. The summed E-state index contributed by atoms with van der Waals surface area (Å²) in [6.07, 6.45) is 2.32. The molecule has 1 aromatic rings. The highest BCUT2D eigenvalue weighted by molar-refractivity contribution is 7.91. The number of ether oxygens (including phenoxy) is 1. The van der Waals surface area contributed by atoms with Gasteiger partial charge in [-0.3, -0.25) is 9.10 Å². The highest BCUT2D eigenvalue weighted by atomic mass is 32.2. The summed E-state index contributed by atoms with van der Waals surface area (Å²) in [5, 5.41) is 0. The van der Waals surface area contributed by atoms with E-state index in [0.717, 1.165) is 18.4 Å². The quantitative estimate of drug-likeness (QED) is 0.899. The van der Waals surface area contributed by atoms with Gasteiger partial charge in [0.2, 0.25) is 5.91 Å². The second-order valence-electron chi connectivity index (χ2n) is 5.32. The molecule has 1 amide bonds. The van der Waals surface area contributed by atoms with E-state index in [9.17, 15) is 13.2 Å². The molecule has 0 aromatic heterocycles. The molecule has 0 aliphatic carbocycles. The first-order valence-electron chi connectivity index (χ1n) is 7.09. The number of fused-ring (bicyclic) bond motifs is 1. The van der Waals surface area contributed by atoms with Gasteiger partial charge in [0.25, 0.3) is 0 Å². The molecule has 2 aliphatic heterocycles. The highest BCUT2D eigenvalue weighted by Crippen LogP contribution is 2.29. The van der Waals surface area contributed by atoms with E-state index in [1.165, 1.54) is 4.31 Å². The predicted octanol–water partition coefficient (Wildman–Crippen LogP) is 0.979. The predicted molar refractivity (Wildman–Crippen MR) is 78.1 cm³/mol. The van der Waals surface area contributed by atoms with Gasteiger partial charge >= 0.3 is 10.2 Å². The third-order valence-corrected chi connectivity index (χ3v) is 5.26. The van der Waals surface area contributed by atoms with Crippen molar-refractivity contribution in [2.75, 3.05) is 17.5 Å². The molecule has 1 aromatic carbocycles. The Hall–Kier alpha value is -1.60. The number of nitrogens with one attached hydrogen (secondary N) is 1. The fraction of sp³-hybridized carbons (Fsp3) is 0.500. The van der Waals surface area contributed by atoms with Crippen molar-refractivity contribution < 1.29 is 17.9 Å². The van der Waals surface area contributed by atoms with Gasteiger partial charge in [-0.1, -0.05) is 18.2 Å². The molecule has 0 spiro atoms. The van der Waals surface area contributed by atoms with Gasteiger partial charge in [0, 0.05) is 13.2 Å². The summed E-state index contributed by atoms with van der Waals surface area (Å²) in [5.41, 5.74) is 1.63. The van der Waals surface area contributed by atoms with Crippen LogP contribution in [-0.4, -0.2) is 33.6 Å². The van der Waals surface area contributed by atoms with Crippen LogP contribution in [0, 0.1) is 0 Å². The lowest BCUT2D eigenvalue weighted by atomic mass is 10.2. The Morgan fingerprint density at radius 2 is 2.19 bits per heavy atom. The molecule has 0 bridgehead atoms. The standard InChI is InChI=1S/C14H18N2O4S/c17-14(10-12-5-3-9-20-12)15-21(18,19)16-8-7-11-4-1-2-6-13(11)16/h1-2,4,6,12H,3,5,7-10H2,(H,15,17)/t12-/m0/s1. The maximum absolute atomic E-state index is 12.3. The number of anilines is 1. The number of hydrogen-bond donors (Lipinski definition) is 1. The topological polar surface area (TPSA) is 75.7 Å². The molecule has 3 rings (SSSR count). The molecule has 21 heavy (non-hydrogen) atoms. The van der Waals surface area contributed by atoms with E-state index >= 15 is 0 Å². The largest absolute Gasteiger partial charge is 0.378 e. The zero-order chi connectivity index (χ0) is 14.9. The average molecular weight is 310 g/mol. The highest BCUT2D eigenvalue weighted by Gasteiger charge is 2.31. The fourth-order valence-corrected chi connectivity index (χ4v) is 4.06. The van der Waals surface area contributed by atoms with E-state index in [1.54, 1.807) is 12.1 Å². The molecule has 0 unspecified atom stereocenters. The van der Waals surface area contributed by atoms with Crippen molar-refractivity contribution in [3.05, 3.63) is 29.8 Å². The van der Waals surface area contributed by atoms with Crippen molar-refractivity contribution in [2.45, 2.75) is 31.8 Å². The lowest BCUT2D eigenvalue weighted by Crippen LogP contribution is -2.43. The fourth-order valence-electron chi connectivity index (χ4n) is 2.81. The molecule has 1 saturated heterocycles. The maximum Gasteiger partial charge on any atom is 0.326 e. The number of benzene rings is 1. The van der Waals surface area contributed by atoms with Gasteiger partial charge in [-0.2, -0.15) is 8.42 Å². The average Bonchev–Trinajstić information content (AvgIpc) is 3.06. The Balaban J connectivity index is 1.68. The van der Waals surface area contributed by atoms with Crippen LogP contribution in [0.25, 0.3) is 0 Å². The first-order valence-corrected chi connectivity index (χ1v) is 8.53. The summed E-state index contributed by atoms with van der Waals surface area (Å²) in [5.74, 6) is -0.508. The molecule has 0 saturated carbocycles. The van der Waals surface area contributed by atoms with E-state index in [0.29, 0.717) is 25.3 Å². The van der Waals surface area contributed by atoms with Gasteiger partial charge in [-0.15, -0.1) is 0 Å². The zero-order valence-electron chi connectivity index (χ0n) is 11.6. The molecular formula is C14H18N2O4S. The number of amides is 1. The van der Waals surface area contributed by atoms with Crippen molar-refractivity contribution in [3.8, 4) is 0 Å². The Kier molecular flexibility index (Phi) is 3.86. The minimum Gasteiger partial charge on any atom is -0.378 e. The van der Waals surface area contributed by atoms with Crippen LogP contribution in [-0.2, 0) is 26.2 Å². The van der Waals surface area contributed by atoms with Crippen molar-refractivity contribution in [1.82, 2.24) is 4.72 Å². The maximum atomic E-state index is 12.3. The summed E-state index contributed by atoms with van der Waals surface area (Å²) in [4.78, 5) is 11.9. The van der Waals surface area contributed by atoms with Crippen LogP contribution in [0.5, 0.6) is 0 Å². The van der Waals surface area contributed by atoms with Gasteiger partial charge in [-0.25, -0.2) is 4.72 Å². The molecular weight excluding hydrogens is 292 g/mol. The molecule has 6 nitrogen and oxygen atoms in total. The zero-order valence-corrected chi connectivity index (χ0v) is 12.4. The molecule has 7 heteroatoms. The number of para-hydroxylation sites is 1. The first-order chi connectivity index (χ1) is 10.1. The van der Waals surface area contributed by atoms with Crippen molar-refractivity contribution in [1.29, 1.82) is 0 Å². The number of rotatable bonds is 4. The molecule has 114 valence electrons. The normalized spacial score (nSPS) is 21.3. The van der Waals surface area contributed by atoms with Crippen LogP contribution in [0.4, 0.5) is 5.69 Å². The summed E-state index contributed by atoms with van der Waals surface area (Å²) in [6, 6.07) is 7.33. The third-order valence-electron chi connectivity index (χ3n) is 3.81. The number of hydrogen-bond acceptors (Lipinski definition) is 4. The van der Waals surface area contributed by atoms with Crippen LogP contribution < -0.4 is 9.03 Å². The van der Waals surface area contributed by atoms with Crippen molar-refractivity contribution in [3.63, 3.8) is 0 Å². The Morgan fingerprint density at radius 3 is 2.95 bits per heavy atom. The minimum atomic E-state index is -3.84. The van der Waals surface area contributed by atoms with Crippen LogP contribution in [0.2, 0.25) is 0 Å². The van der Waals surface area contributed by atoms with Gasteiger partial charge in [0.05, 0.1) is 18.2 Å². The van der Waals surface area contributed by atoms with Gasteiger partial charge in [0.1, 0.15) is 0 Å². The Morgan fingerprint density at radius 1 is 1.38 bits per heavy atom. The summed E-state index contributed by atoms with van der Waals surface area (Å²) in [6.45, 7) is 1.01. The molecule has 1 atom stereocenters. The second-order valence-corrected chi connectivity index (χ2v) is 6.92. The Labute approximate surface area is 124 Å². The molecule has 2 aliphatic rings. The van der Waals surface area contributed by atoms with Gasteiger partial charge in [-0.05, 0) is 30.9 Å². The molecule has 0 radical (unpaired) electrons. The summed E-state index contributed by atoms with van der Waals surface area (Å²) in [7, 11) is -3.84. The first kappa shape index (κ1) is 14.3. The van der Waals surface area contributed by atoms with E-state index < -0.39 is 16.1 Å². The lowest BCUT2D eigenvalue weighted by Gasteiger charge is -2.20. The smallest absolute Gasteiger partial charge is 0.326 e. The van der Waals surface area contributed by atoms with E-state index in [-0.39, 0.29) is 12.5 Å². The van der Waals surface area contributed by atoms with E-state index in [1.807, 2.05) is 12.1 Å². The van der Waals surface area contributed by atoms with Crippen molar-refractivity contribution in [2.24, 2.45) is 0 Å².